The van der Waals surface area contributed by atoms with E-state index in [1.165, 1.54) is 5.69 Å². The smallest absolute Gasteiger partial charge is 0.224 e. The third kappa shape index (κ3) is 6.39. The molecule has 0 aromatic heterocycles. The van der Waals surface area contributed by atoms with Crippen LogP contribution >= 0.6 is 0 Å². The number of amides is 1. The minimum atomic E-state index is 0.00245. The van der Waals surface area contributed by atoms with Crippen molar-refractivity contribution in [3.05, 3.63) is 48.5 Å². The summed E-state index contributed by atoms with van der Waals surface area (Å²) in [6.45, 7) is 7.48. The summed E-state index contributed by atoms with van der Waals surface area (Å²) in [6.07, 6.45) is 1.06. The zero-order valence-electron chi connectivity index (χ0n) is 17.4. The van der Waals surface area contributed by atoms with Crippen LogP contribution in [0.1, 0.15) is 19.8 Å². The van der Waals surface area contributed by atoms with Crippen molar-refractivity contribution in [3.8, 4) is 11.5 Å². The van der Waals surface area contributed by atoms with E-state index in [1.54, 1.807) is 4.90 Å². The molecule has 1 heterocycles. The Morgan fingerprint density at radius 3 is 2.34 bits per heavy atom. The van der Waals surface area contributed by atoms with Crippen molar-refractivity contribution < 1.29 is 19.2 Å². The molecule has 1 aliphatic rings. The number of carbonyl (C=O) groups excluding carboxylic acids is 1. The molecule has 1 amide bonds. The van der Waals surface area contributed by atoms with Gasteiger partial charge < -0.3 is 24.6 Å². The topological polar surface area (TPSA) is 55.2 Å². The van der Waals surface area contributed by atoms with Gasteiger partial charge in [-0.3, -0.25) is 4.79 Å². The standard InChI is InChI=1S/C23H31N3O3/c1-3-28-21-7-4-5-8-22(21)29-18-6-9-23(27)24-19-10-12-20(13-11-19)26-16-14-25(2)15-17-26/h4-5,7-8,10-13H,3,6,9,14-18H2,1-2H3,(H,24,27)/p+1. The lowest BCUT2D eigenvalue weighted by atomic mass is 10.2. The average Bonchev–Trinajstić information content (AvgIpc) is 2.74. The van der Waals surface area contributed by atoms with Crippen LogP contribution in [0, 0.1) is 0 Å². The van der Waals surface area contributed by atoms with Gasteiger partial charge in [-0.05, 0) is 49.7 Å². The number of nitrogens with zero attached hydrogens (tertiary/aromatic N) is 1. The lowest BCUT2D eigenvalue weighted by Gasteiger charge is -2.31. The van der Waals surface area contributed by atoms with Gasteiger partial charge in [-0.25, -0.2) is 0 Å². The first kappa shape index (κ1) is 21.0. The highest BCUT2D eigenvalue weighted by Gasteiger charge is 2.16. The minimum absolute atomic E-state index is 0.00245. The Morgan fingerprint density at radius 2 is 1.69 bits per heavy atom. The number of carbonyl (C=O) groups is 1. The molecule has 0 spiro atoms. The number of hydrogen-bond donors (Lipinski definition) is 2. The Labute approximate surface area is 173 Å². The molecule has 1 fully saturated rings. The normalized spacial score (nSPS) is 14.5. The number of quaternary nitrogens is 1. The fraction of sp³-hybridized carbons (Fsp3) is 0.435. The Morgan fingerprint density at radius 1 is 1.03 bits per heavy atom. The van der Waals surface area contributed by atoms with Gasteiger partial charge in [-0.1, -0.05) is 12.1 Å². The fourth-order valence-electron chi connectivity index (χ4n) is 3.38. The third-order valence-electron chi connectivity index (χ3n) is 5.09. The van der Waals surface area contributed by atoms with E-state index in [2.05, 4.69) is 29.4 Å². The first-order valence-corrected chi connectivity index (χ1v) is 10.5. The molecule has 3 rings (SSSR count). The van der Waals surface area contributed by atoms with Crippen LogP contribution in [-0.2, 0) is 4.79 Å². The molecular formula is C23H32N3O3+. The molecule has 1 aliphatic heterocycles. The van der Waals surface area contributed by atoms with Crippen LogP contribution in [0.25, 0.3) is 0 Å². The Balaban J connectivity index is 1.39. The van der Waals surface area contributed by atoms with Gasteiger partial charge in [-0.2, -0.15) is 0 Å². The largest absolute Gasteiger partial charge is 0.490 e. The maximum atomic E-state index is 12.2. The van der Waals surface area contributed by atoms with Gasteiger partial charge >= 0.3 is 0 Å². The molecule has 1 saturated heterocycles. The molecule has 0 bridgehead atoms. The quantitative estimate of drug-likeness (QED) is 0.636. The van der Waals surface area contributed by atoms with Crippen molar-refractivity contribution in [3.63, 3.8) is 0 Å². The summed E-state index contributed by atoms with van der Waals surface area (Å²) in [5, 5.41) is 2.97. The zero-order chi connectivity index (χ0) is 20.5. The van der Waals surface area contributed by atoms with E-state index in [1.807, 2.05) is 43.3 Å². The average molecular weight is 399 g/mol. The number of anilines is 2. The molecule has 2 aromatic carbocycles. The number of benzene rings is 2. The van der Waals surface area contributed by atoms with Gasteiger partial charge in [0, 0.05) is 17.8 Å². The molecular weight excluding hydrogens is 366 g/mol. The van der Waals surface area contributed by atoms with Crippen LogP contribution in [0.5, 0.6) is 11.5 Å². The van der Waals surface area contributed by atoms with Crippen LogP contribution in [0.3, 0.4) is 0 Å². The molecule has 0 aliphatic carbocycles. The van der Waals surface area contributed by atoms with Crippen molar-refractivity contribution in [1.29, 1.82) is 0 Å². The van der Waals surface area contributed by atoms with E-state index in [4.69, 9.17) is 9.47 Å². The molecule has 156 valence electrons. The van der Waals surface area contributed by atoms with Gasteiger partial charge in [0.15, 0.2) is 11.5 Å². The number of rotatable bonds is 9. The molecule has 0 atom stereocenters. The second-order valence-corrected chi connectivity index (χ2v) is 7.37. The summed E-state index contributed by atoms with van der Waals surface area (Å²) < 4.78 is 11.3. The predicted molar refractivity (Wildman–Crippen MR) is 116 cm³/mol. The predicted octanol–water partition coefficient (Wildman–Crippen LogP) is 2.22. The van der Waals surface area contributed by atoms with E-state index >= 15 is 0 Å². The third-order valence-corrected chi connectivity index (χ3v) is 5.09. The number of nitrogens with one attached hydrogen (secondary N) is 2. The van der Waals surface area contributed by atoms with Crippen LogP contribution in [0.4, 0.5) is 11.4 Å². The van der Waals surface area contributed by atoms with Crippen molar-refractivity contribution in [2.24, 2.45) is 0 Å². The van der Waals surface area contributed by atoms with E-state index < -0.39 is 0 Å². The molecule has 6 heteroatoms. The summed E-state index contributed by atoms with van der Waals surface area (Å²) in [7, 11) is 2.23. The second kappa shape index (κ2) is 10.7. The Hall–Kier alpha value is -2.73. The van der Waals surface area contributed by atoms with Crippen molar-refractivity contribution in [2.75, 3.05) is 56.7 Å². The fourth-order valence-corrected chi connectivity index (χ4v) is 3.38. The number of ether oxygens (including phenoxy) is 2. The first-order chi connectivity index (χ1) is 14.2. The van der Waals surface area contributed by atoms with E-state index in [0.29, 0.717) is 26.1 Å². The number of hydrogen-bond acceptors (Lipinski definition) is 4. The lowest BCUT2D eigenvalue weighted by molar-refractivity contribution is -0.880. The minimum Gasteiger partial charge on any atom is -0.490 e. The molecule has 29 heavy (non-hydrogen) atoms. The second-order valence-electron chi connectivity index (χ2n) is 7.37. The van der Waals surface area contributed by atoms with Crippen molar-refractivity contribution in [2.45, 2.75) is 19.8 Å². The van der Waals surface area contributed by atoms with Gasteiger partial charge in [0.2, 0.25) is 5.91 Å². The summed E-state index contributed by atoms with van der Waals surface area (Å²) >= 11 is 0. The maximum Gasteiger partial charge on any atom is 0.224 e. The van der Waals surface area contributed by atoms with Crippen LogP contribution in [-0.4, -0.2) is 52.3 Å². The van der Waals surface area contributed by atoms with E-state index in [-0.39, 0.29) is 5.91 Å². The van der Waals surface area contributed by atoms with Crippen LogP contribution in [0.15, 0.2) is 48.5 Å². The van der Waals surface area contributed by atoms with Gasteiger partial charge in [-0.15, -0.1) is 0 Å². The molecule has 0 unspecified atom stereocenters. The van der Waals surface area contributed by atoms with E-state index in [0.717, 1.165) is 43.4 Å². The summed E-state index contributed by atoms with van der Waals surface area (Å²) in [5.41, 5.74) is 2.05. The Kier molecular flexibility index (Phi) is 7.76. The molecule has 6 nitrogen and oxygen atoms in total. The van der Waals surface area contributed by atoms with Crippen molar-refractivity contribution >= 4 is 17.3 Å². The number of piperazine rings is 1. The highest BCUT2D eigenvalue weighted by atomic mass is 16.5. The monoisotopic (exact) mass is 398 g/mol. The number of para-hydroxylation sites is 2. The maximum absolute atomic E-state index is 12.2. The summed E-state index contributed by atoms with van der Waals surface area (Å²) in [5.74, 6) is 1.46. The molecule has 2 N–H and O–H groups in total. The van der Waals surface area contributed by atoms with Gasteiger partial charge in [0.05, 0.1) is 46.4 Å². The van der Waals surface area contributed by atoms with E-state index in [9.17, 15) is 4.79 Å². The van der Waals surface area contributed by atoms with Crippen LogP contribution in [0.2, 0.25) is 0 Å². The first-order valence-electron chi connectivity index (χ1n) is 10.5. The summed E-state index contributed by atoms with van der Waals surface area (Å²) in [4.78, 5) is 16.2. The highest BCUT2D eigenvalue weighted by molar-refractivity contribution is 5.90. The summed E-state index contributed by atoms with van der Waals surface area (Å²) in [6, 6.07) is 15.7. The SMILES string of the molecule is CCOc1ccccc1OCCCC(=O)Nc1ccc(N2CC[NH+](C)CC2)cc1. The number of likely N-dealkylation sites (N-methyl/N-ethyl adjacent to an activating group) is 1. The Bertz CT molecular complexity index is 771. The van der Waals surface area contributed by atoms with Gasteiger partial charge in [0.25, 0.3) is 0 Å². The molecule has 0 radical (unpaired) electrons. The molecule has 2 aromatic rings. The van der Waals surface area contributed by atoms with Crippen LogP contribution < -0.4 is 24.6 Å². The highest BCUT2D eigenvalue weighted by Crippen LogP contribution is 2.26. The lowest BCUT2D eigenvalue weighted by Crippen LogP contribution is -3.12. The van der Waals surface area contributed by atoms with Gasteiger partial charge in [0.1, 0.15) is 0 Å². The zero-order valence-corrected chi connectivity index (χ0v) is 17.4. The van der Waals surface area contributed by atoms with Crippen molar-refractivity contribution in [1.82, 2.24) is 0 Å². The molecule has 0 saturated carbocycles.